The van der Waals surface area contributed by atoms with E-state index in [0.717, 1.165) is 35.5 Å². The van der Waals surface area contributed by atoms with E-state index in [1.165, 1.54) is 70.6 Å². The molecular formula is C28H48. The van der Waals surface area contributed by atoms with Crippen LogP contribution in [0.2, 0.25) is 0 Å². The van der Waals surface area contributed by atoms with Gasteiger partial charge in [-0.1, -0.05) is 65.5 Å². The molecule has 0 unspecified atom stereocenters. The second-order valence-corrected chi connectivity index (χ2v) is 12.5. The van der Waals surface area contributed by atoms with Crippen molar-refractivity contribution in [3.63, 3.8) is 0 Å². The standard InChI is InChI=1S/C28H48/c1-19(2)20(3)10-11-21(4)22-14-18-28(6)25(22)13-12-23-24-9-7-8-16-27(24,5)17-15-26(23)28/h19-21,23-24,26H,7-18H2,1-6H3/t20-,21-,23+,24+,26+,27+,28+/m1/s1. The Morgan fingerprint density at radius 3 is 2.36 bits per heavy atom. The van der Waals surface area contributed by atoms with E-state index >= 15 is 0 Å². The Kier molecular flexibility index (Phi) is 5.83. The summed E-state index contributed by atoms with van der Waals surface area (Å²) in [4.78, 5) is 0. The molecule has 4 aliphatic rings. The molecule has 0 saturated heterocycles. The molecule has 0 nitrogen and oxygen atoms in total. The first-order chi connectivity index (χ1) is 13.3. The zero-order valence-corrected chi connectivity index (χ0v) is 19.9. The van der Waals surface area contributed by atoms with Crippen molar-refractivity contribution in [3.8, 4) is 0 Å². The molecule has 160 valence electrons. The molecule has 0 N–H and O–H groups in total. The van der Waals surface area contributed by atoms with Gasteiger partial charge in [0.15, 0.2) is 0 Å². The molecule has 28 heavy (non-hydrogen) atoms. The van der Waals surface area contributed by atoms with E-state index in [9.17, 15) is 0 Å². The van der Waals surface area contributed by atoms with E-state index in [1.54, 1.807) is 6.42 Å². The molecule has 0 aromatic carbocycles. The van der Waals surface area contributed by atoms with Crippen LogP contribution < -0.4 is 0 Å². The molecule has 7 atom stereocenters. The highest BCUT2D eigenvalue weighted by Gasteiger charge is 2.56. The minimum atomic E-state index is 0.564. The monoisotopic (exact) mass is 384 g/mol. The van der Waals surface area contributed by atoms with Crippen LogP contribution in [0.3, 0.4) is 0 Å². The molecule has 0 aromatic rings. The quantitative estimate of drug-likeness (QED) is 0.415. The zero-order chi connectivity index (χ0) is 20.1. The fraction of sp³-hybridized carbons (Fsp3) is 0.929. The van der Waals surface area contributed by atoms with Crippen LogP contribution in [0.25, 0.3) is 0 Å². The number of rotatable bonds is 5. The third kappa shape index (κ3) is 3.43. The lowest BCUT2D eigenvalue weighted by molar-refractivity contribution is -0.0675. The SMILES string of the molecule is CC(C)[C@H](C)CC[C@@H](C)C1=C2CC[C@H]3[C@@H]4CCCC[C@@]4(C)CC[C@@H]3[C@@]2(C)CC1. The summed E-state index contributed by atoms with van der Waals surface area (Å²) < 4.78 is 0. The lowest BCUT2D eigenvalue weighted by atomic mass is 9.46. The summed E-state index contributed by atoms with van der Waals surface area (Å²) in [7, 11) is 0. The van der Waals surface area contributed by atoms with Gasteiger partial charge in [-0.25, -0.2) is 0 Å². The van der Waals surface area contributed by atoms with E-state index in [1.807, 2.05) is 11.1 Å². The molecule has 0 spiro atoms. The van der Waals surface area contributed by atoms with E-state index < -0.39 is 0 Å². The first kappa shape index (κ1) is 21.0. The van der Waals surface area contributed by atoms with E-state index in [4.69, 9.17) is 0 Å². The van der Waals surface area contributed by atoms with Gasteiger partial charge in [0.2, 0.25) is 0 Å². The normalized spacial score (nSPS) is 42.8. The molecular weight excluding hydrogens is 336 g/mol. The smallest absolute Gasteiger partial charge is 0.00796 e. The molecule has 3 saturated carbocycles. The van der Waals surface area contributed by atoms with Crippen molar-refractivity contribution in [3.05, 3.63) is 11.1 Å². The van der Waals surface area contributed by atoms with Crippen LogP contribution in [0.1, 0.15) is 119 Å². The molecule has 3 fully saturated rings. The molecule has 0 bridgehead atoms. The van der Waals surface area contributed by atoms with E-state index in [-0.39, 0.29) is 0 Å². The zero-order valence-electron chi connectivity index (χ0n) is 19.9. The topological polar surface area (TPSA) is 0 Å². The van der Waals surface area contributed by atoms with Crippen molar-refractivity contribution in [2.75, 3.05) is 0 Å². The maximum atomic E-state index is 2.71. The summed E-state index contributed by atoms with van der Waals surface area (Å²) in [6.45, 7) is 15.2. The van der Waals surface area contributed by atoms with Gasteiger partial charge in [0.25, 0.3) is 0 Å². The van der Waals surface area contributed by atoms with E-state index in [2.05, 4.69) is 41.5 Å². The minimum absolute atomic E-state index is 0.564. The van der Waals surface area contributed by atoms with Crippen LogP contribution in [0.15, 0.2) is 11.1 Å². The fourth-order valence-electron chi connectivity index (χ4n) is 8.43. The predicted molar refractivity (Wildman–Crippen MR) is 122 cm³/mol. The second-order valence-electron chi connectivity index (χ2n) is 12.5. The summed E-state index contributed by atoms with van der Waals surface area (Å²) in [6, 6.07) is 0. The molecule has 0 amide bonds. The molecule has 0 heterocycles. The van der Waals surface area contributed by atoms with Crippen LogP contribution in [0, 0.1) is 46.3 Å². The Hall–Kier alpha value is -0.260. The summed E-state index contributed by atoms with van der Waals surface area (Å²) in [5.41, 5.74) is 5.15. The molecule has 0 aromatic heterocycles. The third-order valence-electron chi connectivity index (χ3n) is 10.8. The molecule has 4 aliphatic carbocycles. The highest BCUT2D eigenvalue weighted by molar-refractivity contribution is 5.33. The van der Waals surface area contributed by atoms with Crippen LogP contribution in [-0.4, -0.2) is 0 Å². The van der Waals surface area contributed by atoms with Gasteiger partial charge in [-0.05, 0) is 111 Å². The maximum absolute atomic E-state index is 2.71. The second kappa shape index (κ2) is 7.77. The molecule has 0 aliphatic heterocycles. The van der Waals surface area contributed by atoms with Crippen LogP contribution in [0.5, 0.6) is 0 Å². The van der Waals surface area contributed by atoms with Gasteiger partial charge in [0.05, 0.1) is 0 Å². The van der Waals surface area contributed by atoms with Crippen molar-refractivity contribution >= 4 is 0 Å². The van der Waals surface area contributed by atoms with Gasteiger partial charge in [0.1, 0.15) is 0 Å². The Balaban J connectivity index is 1.51. The van der Waals surface area contributed by atoms with Crippen molar-refractivity contribution < 1.29 is 0 Å². The number of allylic oxidation sites excluding steroid dienone is 2. The van der Waals surface area contributed by atoms with Crippen LogP contribution >= 0.6 is 0 Å². The fourth-order valence-corrected chi connectivity index (χ4v) is 8.43. The molecule has 0 radical (unpaired) electrons. The average molecular weight is 385 g/mol. The van der Waals surface area contributed by atoms with Crippen LogP contribution in [0.4, 0.5) is 0 Å². The molecule has 0 heteroatoms. The van der Waals surface area contributed by atoms with Gasteiger partial charge < -0.3 is 0 Å². The Morgan fingerprint density at radius 2 is 1.61 bits per heavy atom. The van der Waals surface area contributed by atoms with Crippen molar-refractivity contribution in [2.45, 2.75) is 119 Å². The highest BCUT2D eigenvalue weighted by atomic mass is 14.6. The largest absolute Gasteiger partial charge is 0.0676 e. The maximum Gasteiger partial charge on any atom is -0.00796 e. The van der Waals surface area contributed by atoms with Crippen LogP contribution in [-0.2, 0) is 0 Å². The van der Waals surface area contributed by atoms with Crippen molar-refractivity contribution in [1.29, 1.82) is 0 Å². The highest BCUT2D eigenvalue weighted by Crippen LogP contribution is 2.66. The van der Waals surface area contributed by atoms with Crippen molar-refractivity contribution in [2.24, 2.45) is 46.3 Å². The number of hydrogen-bond donors (Lipinski definition) is 0. The van der Waals surface area contributed by atoms with Gasteiger partial charge in [0, 0.05) is 0 Å². The predicted octanol–water partition coefficient (Wildman–Crippen LogP) is 8.81. The first-order valence-electron chi connectivity index (χ1n) is 13.0. The Bertz CT molecular complexity index is 597. The average Bonchev–Trinajstić information content (AvgIpc) is 3.02. The minimum Gasteiger partial charge on any atom is -0.0676 e. The summed E-state index contributed by atoms with van der Waals surface area (Å²) >= 11 is 0. The summed E-state index contributed by atoms with van der Waals surface area (Å²) in [5, 5.41) is 0. The lowest BCUT2D eigenvalue weighted by Gasteiger charge is -2.59. The Labute approximate surface area is 176 Å². The summed E-state index contributed by atoms with van der Waals surface area (Å²) in [5.74, 6) is 5.64. The van der Waals surface area contributed by atoms with Gasteiger partial charge in [-0.15, -0.1) is 0 Å². The van der Waals surface area contributed by atoms with Gasteiger partial charge in [-0.2, -0.15) is 0 Å². The van der Waals surface area contributed by atoms with E-state index in [0.29, 0.717) is 10.8 Å². The Morgan fingerprint density at radius 1 is 0.821 bits per heavy atom. The first-order valence-corrected chi connectivity index (χ1v) is 13.0. The number of hydrogen-bond acceptors (Lipinski definition) is 0. The van der Waals surface area contributed by atoms with Crippen molar-refractivity contribution in [1.82, 2.24) is 0 Å². The lowest BCUT2D eigenvalue weighted by Crippen LogP contribution is -2.50. The number of fused-ring (bicyclic) bond motifs is 5. The van der Waals surface area contributed by atoms with Gasteiger partial charge >= 0.3 is 0 Å². The summed E-state index contributed by atoms with van der Waals surface area (Å²) in [6.07, 6.45) is 17.9. The third-order valence-corrected chi connectivity index (χ3v) is 10.8. The van der Waals surface area contributed by atoms with Gasteiger partial charge in [-0.3, -0.25) is 0 Å². The molecule has 4 rings (SSSR count).